The molecular formula is C16H11NO2. The number of nitrogens with one attached hydrogen (secondary N) is 1. The van der Waals surface area contributed by atoms with Crippen LogP contribution in [0.15, 0.2) is 60.7 Å². The first-order valence-electron chi connectivity index (χ1n) is 5.73. The fourth-order valence-electron chi connectivity index (χ4n) is 1.45. The highest BCUT2D eigenvalue weighted by atomic mass is 16.2. The maximum atomic E-state index is 11.7. The summed E-state index contributed by atoms with van der Waals surface area (Å²) in [6.45, 7) is 0. The van der Waals surface area contributed by atoms with Gasteiger partial charge in [0, 0.05) is 17.0 Å². The second-order valence-electron chi connectivity index (χ2n) is 3.77. The molecule has 0 saturated carbocycles. The number of hydrogen-bond acceptors (Lipinski definition) is 2. The van der Waals surface area contributed by atoms with Crippen molar-refractivity contribution in [3.63, 3.8) is 0 Å². The summed E-state index contributed by atoms with van der Waals surface area (Å²) < 4.78 is 0. The topological polar surface area (TPSA) is 46.2 Å². The Morgan fingerprint density at radius 3 is 2.05 bits per heavy atom. The first-order valence-corrected chi connectivity index (χ1v) is 5.73. The van der Waals surface area contributed by atoms with Crippen molar-refractivity contribution in [1.82, 2.24) is 5.32 Å². The monoisotopic (exact) mass is 249 g/mol. The molecule has 0 atom stereocenters. The lowest BCUT2D eigenvalue weighted by Gasteiger charge is -1.98. The van der Waals surface area contributed by atoms with Crippen LogP contribution in [0.3, 0.4) is 0 Å². The van der Waals surface area contributed by atoms with Crippen LogP contribution >= 0.6 is 0 Å². The third kappa shape index (κ3) is 3.83. The molecule has 0 aliphatic carbocycles. The van der Waals surface area contributed by atoms with Crippen LogP contribution in [0.2, 0.25) is 0 Å². The number of carbonyl (C=O) groups excluding carboxylic acids is 2. The summed E-state index contributed by atoms with van der Waals surface area (Å²) >= 11 is 0. The Morgan fingerprint density at radius 2 is 1.42 bits per heavy atom. The number of carbonyl (C=O) groups is 2. The Balaban J connectivity index is 2.00. The fraction of sp³-hybridized carbons (Fsp3) is 0. The first-order chi connectivity index (χ1) is 9.25. The van der Waals surface area contributed by atoms with E-state index in [-0.39, 0.29) is 0 Å². The molecule has 0 aliphatic rings. The van der Waals surface area contributed by atoms with Gasteiger partial charge in [0.05, 0.1) is 0 Å². The minimum atomic E-state index is -0.613. The summed E-state index contributed by atoms with van der Waals surface area (Å²) in [7, 11) is 0. The second kappa shape index (κ2) is 6.18. The summed E-state index contributed by atoms with van der Waals surface area (Å²) in [5.41, 5.74) is 1.15. The largest absolute Gasteiger partial charge is 0.303 e. The average molecular weight is 249 g/mol. The molecule has 0 aliphatic heterocycles. The van der Waals surface area contributed by atoms with Gasteiger partial charge < -0.3 is 0 Å². The maximum absolute atomic E-state index is 11.7. The molecule has 3 nitrogen and oxygen atoms in total. The van der Waals surface area contributed by atoms with Gasteiger partial charge in [-0.15, -0.1) is 0 Å². The van der Waals surface area contributed by atoms with Crippen LogP contribution in [0.5, 0.6) is 0 Å². The Bertz CT molecular complexity index is 637. The first kappa shape index (κ1) is 12.6. The van der Waals surface area contributed by atoms with Crippen LogP contribution in [0.4, 0.5) is 0 Å². The van der Waals surface area contributed by atoms with E-state index in [1.54, 1.807) is 42.5 Å². The van der Waals surface area contributed by atoms with Crippen molar-refractivity contribution >= 4 is 11.8 Å². The van der Waals surface area contributed by atoms with Crippen LogP contribution in [-0.2, 0) is 4.79 Å². The highest BCUT2D eigenvalue weighted by Crippen LogP contribution is 1.97. The third-order valence-electron chi connectivity index (χ3n) is 2.36. The van der Waals surface area contributed by atoms with Gasteiger partial charge in [-0.05, 0) is 24.3 Å². The summed E-state index contributed by atoms with van der Waals surface area (Å²) in [5.74, 6) is 4.00. The zero-order valence-electron chi connectivity index (χ0n) is 10.1. The average Bonchev–Trinajstić information content (AvgIpc) is 2.47. The Hall–Kier alpha value is -2.86. The molecule has 0 bridgehead atoms. The van der Waals surface area contributed by atoms with Crippen molar-refractivity contribution in [2.45, 2.75) is 0 Å². The molecule has 19 heavy (non-hydrogen) atoms. The van der Waals surface area contributed by atoms with Gasteiger partial charge in [-0.25, -0.2) is 0 Å². The predicted octanol–water partition coefficient (Wildman–Crippen LogP) is 1.99. The molecule has 2 rings (SSSR count). The Labute approximate surface area is 111 Å². The molecule has 0 fully saturated rings. The fourth-order valence-corrected chi connectivity index (χ4v) is 1.45. The van der Waals surface area contributed by atoms with Gasteiger partial charge in [-0.3, -0.25) is 14.9 Å². The van der Waals surface area contributed by atoms with Gasteiger partial charge >= 0.3 is 5.91 Å². The van der Waals surface area contributed by atoms with E-state index in [0.29, 0.717) is 5.56 Å². The maximum Gasteiger partial charge on any atom is 0.303 e. The molecule has 0 unspecified atom stereocenters. The summed E-state index contributed by atoms with van der Waals surface area (Å²) in [6.07, 6.45) is 0. The SMILES string of the molecule is O=C(C#Cc1ccccc1)NC(=O)c1ccccc1. The minimum absolute atomic E-state index is 0.428. The molecule has 0 radical (unpaired) electrons. The second-order valence-corrected chi connectivity index (χ2v) is 3.77. The summed E-state index contributed by atoms with van der Waals surface area (Å²) in [5, 5.41) is 2.21. The lowest BCUT2D eigenvalue weighted by atomic mass is 10.2. The zero-order valence-corrected chi connectivity index (χ0v) is 10.1. The summed E-state index contributed by atoms with van der Waals surface area (Å²) in [6, 6.07) is 17.6. The highest BCUT2D eigenvalue weighted by molar-refractivity contribution is 6.10. The molecule has 0 heterocycles. The van der Waals surface area contributed by atoms with E-state index < -0.39 is 11.8 Å². The highest BCUT2D eigenvalue weighted by Gasteiger charge is 2.06. The smallest absolute Gasteiger partial charge is 0.281 e. The van der Waals surface area contributed by atoms with Crippen LogP contribution in [0.1, 0.15) is 15.9 Å². The number of imide groups is 1. The van der Waals surface area contributed by atoms with Gasteiger partial charge in [0.1, 0.15) is 0 Å². The normalized spacial score (nSPS) is 9.05. The van der Waals surface area contributed by atoms with Crippen molar-refractivity contribution in [2.24, 2.45) is 0 Å². The van der Waals surface area contributed by atoms with Crippen molar-refractivity contribution in [3.05, 3.63) is 71.8 Å². The molecule has 2 aromatic carbocycles. The number of hydrogen-bond donors (Lipinski definition) is 1. The van der Waals surface area contributed by atoms with Crippen molar-refractivity contribution < 1.29 is 9.59 Å². The third-order valence-corrected chi connectivity index (χ3v) is 2.36. The van der Waals surface area contributed by atoms with Gasteiger partial charge in [-0.2, -0.15) is 0 Å². The molecule has 1 N–H and O–H groups in total. The van der Waals surface area contributed by atoms with Crippen LogP contribution in [0.25, 0.3) is 0 Å². The molecule has 0 spiro atoms. The molecule has 0 aromatic heterocycles. The molecule has 2 amide bonds. The van der Waals surface area contributed by atoms with Crippen molar-refractivity contribution in [3.8, 4) is 11.8 Å². The Kier molecular flexibility index (Phi) is 4.09. The van der Waals surface area contributed by atoms with E-state index in [0.717, 1.165) is 5.56 Å². The van der Waals surface area contributed by atoms with E-state index >= 15 is 0 Å². The van der Waals surface area contributed by atoms with E-state index in [4.69, 9.17) is 0 Å². The van der Waals surface area contributed by atoms with E-state index in [2.05, 4.69) is 17.2 Å². The molecule has 2 aromatic rings. The Morgan fingerprint density at radius 1 is 0.842 bits per heavy atom. The molecule has 3 heteroatoms. The molecular weight excluding hydrogens is 238 g/mol. The lowest BCUT2D eigenvalue weighted by Crippen LogP contribution is -2.29. The van der Waals surface area contributed by atoms with Crippen LogP contribution < -0.4 is 5.32 Å². The quantitative estimate of drug-likeness (QED) is 0.786. The number of rotatable bonds is 1. The lowest BCUT2D eigenvalue weighted by molar-refractivity contribution is -0.114. The van der Waals surface area contributed by atoms with E-state index in [9.17, 15) is 9.59 Å². The standard InChI is InChI=1S/C16H11NO2/c18-15(12-11-13-7-3-1-4-8-13)17-16(19)14-9-5-2-6-10-14/h1-10H,(H,17,18,19). The van der Waals surface area contributed by atoms with Crippen LogP contribution in [0, 0.1) is 11.8 Å². The molecule has 92 valence electrons. The van der Waals surface area contributed by atoms with E-state index in [1.165, 1.54) is 0 Å². The minimum Gasteiger partial charge on any atom is -0.281 e. The van der Waals surface area contributed by atoms with Crippen molar-refractivity contribution in [1.29, 1.82) is 0 Å². The predicted molar refractivity (Wildman–Crippen MR) is 72.2 cm³/mol. The number of amides is 2. The van der Waals surface area contributed by atoms with Gasteiger partial charge in [0.25, 0.3) is 5.91 Å². The zero-order chi connectivity index (χ0) is 13.5. The van der Waals surface area contributed by atoms with Gasteiger partial charge in [0.2, 0.25) is 0 Å². The molecule has 0 saturated heterocycles. The van der Waals surface area contributed by atoms with Gasteiger partial charge in [-0.1, -0.05) is 42.3 Å². The van der Waals surface area contributed by atoms with Crippen molar-refractivity contribution in [2.75, 3.05) is 0 Å². The summed E-state index contributed by atoms with van der Waals surface area (Å²) in [4.78, 5) is 23.2. The number of benzene rings is 2. The van der Waals surface area contributed by atoms with E-state index in [1.807, 2.05) is 18.2 Å². The van der Waals surface area contributed by atoms with Crippen LogP contribution in [-0.4, -0.2) is 11.8 Å². The van der Waals surface area contributed by atoms with Gasteiger partial charge in [0.15, 0.2) is 0 Å².